The van der Waals surface area contributed by atoms with E-state index < -0.39 is 11.2 Å². The van der Waals surface area contributed by atoms with Crippen LogP contribution in [0.4, 0.5) is 0 Å². The molecule has 3 heterocycles. The first kappa shape index (κ1) is 18.5. The summed E-state index contributed by atoms with van der Waals surface area (Å²) in [6.45, 7) is 0. The van der Waals surface area contributed by atoms with Gasteiger partial charge in [-0.05, 0) is 83.7 Å². The van der Waals surface area contributed by atoms with Crippen molar-refractivity contribution in [3.63, 3.8) is 0 Å². The number of aromatic nitrogens is 2. The molecule has 2 aromatic heterocycles. The predicted octanol–water partition coefficient (Wildman–Crippen LogP) is 6.12. The molecule has 0 spiro atoms. The van der Waals surface area contributed by atoms with Crippen molar-refractivity contribution in [1.82, 2.24) is 9.97 Å². The fraction of sp³-hybridized carbons (Fsp3) is 0.125. The lowest BCUT2D eigenvalue weighted by Crippen LogP contribution is -2.15. The quantitative estimate of drug-likeness (QED) is 0.407. The van der Waals surface area contributed by atoms with Crippen LogP contribution in [0.2, 0.25) is 5.02 Å². The highest BCUT2D eigenvalue weighted by atomic mass is 35.5. The highest BCUT2D eigenvalue weighted by Crippen LogP contribution is 2.37. The Bertz CT molecular complexity index is 1170. The van der Waals surface area contributed by atoms with E-state index >= 15 is 0 Å². The molecule has 1 aliphatic rings. The predicted molar refractivity (Wildman–Crippen MR) is 120 cm³/mol. The Kier molecular flexibility index (Phi) is 4.92. The van der Waals surface area contributed by atoms with E-state index in [1.54, 1.807) is 12.4 Å². The smallest absolute Gasteiger partial charge is 0.155 e. The second-order valence-electron chi connectivity index (χ2n) is 7.19. The van der Waals surface area contributed by atoms with Gasteiger partial charge in [-0.15, -0.1) is 0 Å². The summed E-state index contributed by atoms with van der Waals surface area (Å²) < 4.78 is 12.3. The van der Waals surface area contributed by atoms with Crippen molar-refractivity contribution >= 4 is 22.8 Å². The minimum absolute atomic E-state index is 0.704. The van der Waals surface area contributed by atoms with E-state index in [1.165, 1.54) is 5.56 Å². The van der Waals surface area contributed by atoms with Gasteiger partial charge in [-0.3, -0.25) is 4.98 Å². The number of rotatable bonds is 3. The van der Waals surface area contributed by atoms with Crippen LogP contribution in [-0.4, -0.2) is 20.3 Å². The fourth-order valence-corrected chi connectivity index (χ4v) is 5.40. The molecule has 1 N–H and O–H groups in total. The highest BCUT2D eigenvalue weighted by molar-refractivity contribution is 7.91. The van der Waals surface area contributed by atoms with Crippen molar-refractivity contribution in [3.8, 4) is 33.6 Å². The second-order valence-corrected chi connectivity index (χ2v) is 9.17. The Morgan fingerprint density at radius 2 is 1.79 bits per heavy atom. The minimum atomic E-state index is -0.873. The van der Waals surface area contributed by atoms with Crippen LogP contribution in [0.5, 0.6) is 0 Å². The van der Waals surface area contributed by atoms with Gasteiger partial charge in [0.05, 0.1) is 5.69 Å². The number of hydrogen-bond donors (Lipinski definition) is 1. The summed E-state index contributed by atoms with van der Waals surface area (Å²) >= 11 is 5.38. The molecular weight excluding hydrogens is 400 g/mol. The molecule has 0 amide bonds. The summed E-state index contributed by atoms with van der Waals surface area (Å²) in [5, 5.41) is 0.704. The standard InChI is InChI=1S/C24H19ClN2OS/c25-20-5-1-3-19(14-20)24-21(16-8-10-26-11-9-16)15-22(27-24)17-6-7-23-18(13-17)4-2-12-29(23)28/h1,3,5-11,13-15,27H,2,4,12H2. The maximum atomic E-state index is 12.3. The largest absolute Gasteiger partial charge is 0.611 e. The third-order valence-corrected chi connectivity index (χ3v) is 7.10. The van der Waals surface area contributed by atoms with Gasteiger partial charge in [0.2, 0.25) is 0 Å². The number of fused-ring (bicyclic) bond motifs is 1. The number of H-pyrrole nitrogens is 1. The van der Waals surface area contributed by atoms with E-state index in [0.717, 1.165) is 57.1 Å². The summed E-state index contributed by atoms with van der Waals surface area (Å²) in [4.78, 5) is 8.73. The van der Waals surface area contributed by atoms with Crippen molar-refractivity contribution in [3.05, 3.63) is 83.6 Å². The number of hydrogen-bond acceptors (Lipinski definition) is 2. The molecule has 144 valence electrons. The van der Waals surface area contributed by atoms with Crippen LogP contribution < -0.4 is 0 Å². The van der Waals surface area contributed by atoms with Gasteiger partial charge in [0, 0.05) is 39.8 Å². The molecule has 0 bridgehead atoms. The normalized spacial score (nSPS) is 15.9. The molecule has 0 saturated carbocycles. The number of aryl methyl sites for hydroxylation is 1. The lowest BCUT2D eigenvalue weighted by atomic mass is 10.0. The van der Waals surface area contributed by atoms with Gasteiger partial charge in [-0.2, -0.15) is 0 Å². The molecule has 1 aliphatic heterocycles. The van der Waals surface area contributed by atoms with Crippen molar-refractivity contribution < 1.29 is 4.55 Å². The molecular formula is C24H19ClN2OS. The summed E-state index contributed by atoms with van der Waals surface area (Å²) in [5.41, 5.74) is 7.58. The van der Waals surface area contributed by atoms with E-state index in [9.17, 15) is 4.55 Å². The summed E-state index contributed by atoms with van der Waals surface area (Å²) in [7, 11) is 0. The molecule has 0 radical (unpaired) electrons. The van der Waals surface area contributed by atoms with E-state index in [1.807, 2.05) is 36.4 Å². The molecule has 0 fully saturated rings. The van der Waals surface area contributed by atoms with E-state index in [0.29, 0.717) is 5.02 Å². The molecule has 2 aromatic carbocycles. The molecule has 0 aliphatic carbocycles. The van der Waals surface area contributed by atoms with Crippen molar-refractivity contribution in [1.29, 1.82) is 0 Å². The van der Waals surface area contributed by atoms with E-state index in [-0.39, 0.29) is 0 Å². The SMILES string of the molecule is [O-][S+]1CCCc2cc(-c3cc(-c4ccncc4)c(-c4cccc(Cl)c4)[nH]3)ccc21. The first-order valence-corrected chi connectivity index (χ1v) is 11.3. The first-order chi connectivity index (χ1) is 14.2. The Morgan fingerprint density at radius 1 is 0.931 bits per heavy atom. The lowest BCUT2D eigenvalue weighted by Gasteiger charge is -2.19. The van der Waals surface area contributed by atoms with E-state index in [2.05, 4.69) is 34.2 Å². The number of benzene rings is 2. The Morgan fingerprint density at radius 3 is 2.62 bits per heavy atom. The van der Waals surface area contributed by atoms with Crippen molar-refractivity contribution in [2.24, 2.45) is 0 Å². The van der Waals surface area contributed by atoms with Crippen LogP contribution in [0.1, 0.15) is 12.0 Å². The first-order valence-electron chi connectivity index (χ1n) is 9.60. The van der Waals surface area contributed by atoms with Gasteiger partial charge in [0.15, 0.2) is 4.90 Å². The fourth-order valence-electron chi connectivity index (χ4n) is 3.91. The van der Waals surface area contributed by atoms with Gasteiger partial charge in [0.1, 0.15) is 5.75 Å². The van der Waals surface area contributed by atoms with Gasteiger partial charge in [-0.1, -0.05) is 23.7 Å². The third kappa shape index (κ3) is 3.60. The Hall–Kier alpha value is -2.53. The van der Waals surface area contributed by atoms with Crippen LogP contribution in [-0.2, 0) is 17.6 Å². The molecule has 0 saturated heterocycles. The zero-order valence-corrected chi connectivity index (χ0v) is 17.3. The molecule has 1 unspecified atom stereocenters. The maximum Gasteiger partial charge on any atom is 0.155 e. The van der Waals surface area contributed by atoms with E-state index in [4.69, 9.17) is 11.6 Å². The monoisotopic (exact) mass is 418 g/mol. The van der Waals surface area contributed by atoms with Crippen LogP contribution in [0.25, 0.3) is 33.6 Å². The third-order valence-electron chi connectivity index (χ3n) is 5.31. The average Bonchev–Trinajstić information content (AvgIpc) is 3.20. The average molecular weight is 419 g/mol. The minimum Gasteiger partial charge on any atom is -0.611 e. The van der Waals surface area contributed by atoms with Gasteiger partial charge in [-0.25, -0.2) is 0 Å². The highest BCUT2D eigenvalue weighted by Gasteiger charge is 2.22. The summed E-state index contributed by atoms with van der Waals surface area (Å²) in [6, 6.07) is 20.3. The number of nitrogens with zero attached hydrogens (tertiary/aromatic N) is 1. The van der Waals surface area contributed by atoms with Gasteiger partial charge < -0.3 is 9.54 Å². The zero-order chi connectivity index (χ0) is 19.8. The molecule has 1 atom stereocenters. The van der Waals surface area contributed by atoms with Crippen LogP contribution in [0.3, 0.4) is 0 Å². The van der Waals surface area contributed by atoms with Crippen LogP contribution in [0.15, 0.2) is 78.0 Å². The van der Waals surface area contributed by atoms with Gasteiger partial charge in [0.25, 0.3) is 0 Å². The lowest BCUT2D eigenvalue weighted by molar-refractivity contribution is 0.585. The molecule has 29 heavy (non-hydrogen) atoms. The number of nitrogens with one attached hydrogen (secondary N) is 1. The molecule has 4 aromatic rings. The Balaban J connectivity index is 1.65. The summed E-state index contributed by atoms with van der Waals surface area (Å²) in [5.74, 6) is 0.764. The van der Waals surface area contributed by atoms with Crippen LogP contribution >= 0.6 is 11.6 Å². The second kappa shape index (κ2) is 7.71. The number of pyridine rings is 1. The zero-order valence-electron chi connectivity index (χ0n) is 15.7. The van der Waals surface area contributed by atoms with Crippen molar-refractivity contribution in [2.45, 2.75) is 17.7 Å². The molecule has 5 rings (SSSR count). The topological polar surface area (TPSA) is 51.7 Å². The summed E-state index contributed by atoms with van der Waals surface area (Å²) in [6.07, 6.45) is 5.56. The number of halogens is 1. The van der Waals surface area contributed by atoms with Crippen molar-refractivity contribution in [2.75, 3.05) is 5.75 Å². The molecule has 5 heteroatoms. The Labute approximate surface area is 178 Å². The van der Waals surface area contributed by atoms with Crippen LogP contribution in [0, 0.1) is 0 Å². The molecule has 3 nitrogen and oxygen atoms in total. The van der Waals surface area contributed by atoms with Gasteiger partial charge >= 0.3 is 0 Å². The number of aromatic amines is 1. The maximum absolute atomic E-state index is 12.3.